The van der Waals surface area contributed by atoms with E-state index >= 15 is 0 Å². The van der Waals surface area contributed by atoms with E-state index in [2.05, 4.69) is 5.32 Å². The second-order valence-electron chi connectivity index (χ2n) is 10.6. The third-order valence-corrected chi connectivity index (χ3v) is 8.16. The molecule has 0 aromatic heterocycles. The molecule has 1 amide bonds. The van der Waals surface area contributed by atoms with Gasteiger partial charge in [0.1, 0.15) is 28.7 Å². The van der Waals surface area contributed by atoms with Gasteiger partial charge < -0.3 is 29.0 Å². The molecular formula is C30H45ClN2O7. The van der Waals surface area contributed by atoms with Crippen LogP contribution in [0.1, 0.15) is 45.6 Å². The summed E-state index contributed by atoms with van der Waals surface area (Å²) in [6, 6.07) is 3.75. The fourth-order valence-electron chi connectivity index (χ4n) is 5.24. The van der Waals surface area contributed by atoms with Gasteiger partial charge in [-0.3, -0.25) is 14.9 Å². The Bertz CT molecular complexity index is 1060. The maximum absolute atomic E-state index is 13.4. The molecule has 0 saturated carbocycles. The van der Waals surface area contributed by atoms with E-state index in [-0.39, 0.29) is 30.6 Å². The number of rotatable bonds is 6. The van der Waals surface area contributed by atoms with Crippen LogP contribution in [-0.4, -0.2) is 76.9 Å². The van der Waals surface area contributed by atoms with Crippen molar-refractivity contribution in [3.8, 4) is 5.75 Å². The standard InChI is InChI=1S/C30H45ClN2O7/c1-19-10-9-11-27(39-8)30(36,32-4)17-26(40-18-34)21(3)13-20(2)24(37-6)16-28(35)33(5)23-14-22(12-19)15-25(38-7)29(23)31/h9-11,14-15,18,20-21,24,26-27,32,36H,12-13,16-17H2,1-8H3/b11-9+,19-10+. The lowest BCUT2D eigenvalue weighted by atomic mass is 9.84. The molecule has 2 rings (SSSR count). The summed E-state index contributed by atoms with van der Waals surface area (Å²) in [5.74, 6) is 0.0925. The summed E-state index contributed by atoms with van der Waals surface area (Å²) in [6.07, 6.45) is 5.13. The van der Waals surface area contributed by atoms with Crippen LogP contribution in [0, 0.1) is 11.8 Å². The number of anilines is 1. The Morgan fingerprint density at radius 1 is 1.15 bits per heavy atom. The van der Waals surface area contributed by atoms with Crippen molar-refractivity contribution in [1.82, 2.24) is 5.32 Å². The molecule has 224 valence electrons. The number of amides is 1. The number of methoxy groups -OCH3 is 3. The molecule has 1 aromatic carbocycles. The Hall–Kier alpha value is -2.43. The molecule has 2 N–H and O–H groups in total. The molecule has 0 aliphatic carbocycles. The molecule has 6 unspecified atom stereocenters. The van der Waals surface area contributed by atoms with Crippen molar-refractivity contribution >= 4 is 29.7 Å². The normalized spacial score (nSPS) is 31.2. The summed E-state index contributed by atoms with van der Waals surface area (Å²) in [4.78, 5) is 26.4. The zero-order chi connectivity index (χ0) is 30.0. The maximum Gasteiger partial charge on any atom is 0.293 e. The fraction of sp³-hybridized carbons (Fsp3) is 0.600. The van der Waals surface area contributed by atoms with Crippen molar-refractivity contribution < 1.29 is 33.6 Å². The third kappa shape index (κ3) is 8.54. The Labute approximate surface area is 243 Å². The van der Waals surface area contributed by atoms with Crippen molar-refractivity contribution in [2.75, 3.05) is 40.3 Å². The van der Waals surface area contributed by atoms with Crippen molar-refractivity contribution in [2.45, 2.75) is 70.5 Å². The van der Waals surface area contributed by atoms with Crippen LogP contribution >= 0.6 is 11.6 Å². The minimum atomic E-state index is -1.52. The highest BCUT2D eigenvalue weighted by Crippen LogP contribution is 2.37. The van der Waals surface area contributed by atoms with E-state index in [1.165, 1.54) is 12.0 Å². The van der Waals surface area contributed by atoms with Gasteiger partial charge >= 0.3 is 0 Å². The van der Waals surface area contributed by atoms with Gasteiger partial charge in [-0.2, -0.15) is 0 Å². The van der Waals surface area contributed by atoms with Gasteiger partial charge in [0.2, 0.25) is 5.91 Å². The molecule has 1 aromatic rings. The highest BCUT2D eigenvalue weighted by molar-refractivity contribution is 6.35. The summed E-state index contributed by atoms with van der Waals surface area (Å²) in [7, 11) is 7.97. The van der Waals surface area contributed by atoms with E-state index in [0.717, 1.165) is 11.1 Å². The van der Waals surface area contributed by atoms with Crippen molar-refractivity contribution in [3.05, 3.63) is 46.5 Å². The molecule has 2 bridgehead atoms. The Kier molecular flexibility index (Phi) is 13.1. The monoisotopic (exact) mass is 580 g/mol. The van der Waals surface area contributed by atoms with E-state index < -0.39 is 24.0 Å². The molecule has 6 atom stereocenters. The van der Waals surface area contributed by atoms with Gasteiger partial charge in [0.25, 0.3) is 6.47 Å². The van der Waals surface area contributed by atoms with Crippen molar-refractivity contribution in [3.63, 3.8) is 0 Å². The number of ether oxygens (including phenoxy) is 4. The highest BCUT2D eigenvalue weighted by atomic mass is 35.5. The molecule has 1 aliphatic rings. The third-order valence-electron chi connectivity index (χ3n) is 7.78. The van der Waals surface area contributed by atoms with Gasteiger partial charge in [-0.05, 0) is 56.3 Å². The number of carbonyl (C=O) groups is 2. The van der Waals surface area contributed by atoms with Crippen molar-refractivity contribution in [2.24, 2.45) is 11.8 Å². The van der Waals surface area contributed by atoms with Crippen LogP contribution in [-0.2, 0) is 30.2 Å². The number of likely N-dealkylation sites (N-methyl/N-ethyl adjacent to an activating group) is 1. The van der Waals surface area contributed by atoms with Crippen LogP contribution in [0.5, 0.6) is 5.75 Å². The highest BCUT2D eigenvalue weighted by Gasteiger charge is 2.39. The van der Waals surface area contributed by atoms with E-state index in [4.69, 9.17) is 30.5 Å². The Morgan fingerprint density at radius 3 is 2.40 bits per heavy atom. The lowest BCUT2D eigenvalue weighted by molar-refractivity contribution is -0.150. The van der Waals surface area contributed by atoms with E-state index in [0.29, 0.717) is 35.8 Å². The fourth-order valence-corrected chi connectivity index (χ4v) is 5.55. The van der Waals surface area contributed by atoms with Gasteiger partial charge in [-0.15, -0.1) is 0 Å². The zero-order valence-electron chi connectivity index (χ0n) is 24.9. The molecule has 0 spiro atoms. The minimum absolute atomic E-state index is 0.0684. The lowest BCUT2D eigenvalue weighted by Gasteiger charge is -2.38. The van der Waals surface area contributed by atoms with E-state index in [1.807, 2.05) is 45.1 Å². The number of hydrogen-bond acceptors (Lipinski definition) is 8. The number of nitrogens with zero attached hydrogens (tertiary/aromatic N) is 1. The topological polar surface area (TPSA) is 107 Å². The number of hydrogen-bond donors (Lipinski definition) is 2. The van der Waals surface area contributed by atoms with Gasteiger partial charge in [-0.1, -0.05) is 49.2 Å². The lowest BCUT2D eigenvalue weighted by Crippen LogP contribution is -2.55. The summed E-state index contributed by atoms with van der Waals surface area (Å²) in [5.41, 5.74) is 0.977. The average Bonchev–Trinajstić information content (AvgIpc) is 2.93. The van der Waals surface area contributed by atoms with E-state index in [1.54, 1.807) is 34.4 Å². The molecule has 1 heterocycles. The SMILES string of the molecule is CNC1(O)CC(OC=O)C(C)CC(C)C(OC)CC(=O)N(C)c2cc(cc(OC)c2Cl)C/C(C)=C/C=C/C1OC. The van der Waals surface area contributed by atoms with Crippen LogP contribution in [0.2, 0.25) is 5.02 Å². The van der Waals surface area contributed by atoms with Crippen LogP contribution < -0.4 is 15.0 Å². The summed E-state index contributed by atoms with van der Waals surface area (Å²) in [5, 5.41) is 14.9. The first-order valence-corrected chi connectivity index (χ1v) is 13.8. The number of halogens is 1. The second-order valence-corrected chi connectivity index (χ2v) is 11.0. The number of fused-ring (bicyclic) bond motifs is 2. The first-order valence-electron chi connectivity index (χ1n) is 13.5. The Morgan fingerprint density at radius 2 is 1.82 bits per heavy atom. The predicted molar refractivity (Wildman–Crippen MR) is 157 cm³/mol. The average molecular weight is 581 g/mol. The van der Waals surface area contributed by atoms with Crippen LogP contribution in [0.4, 0.5) is 5.69 Å². The molecule has 0 saturated heterocycles. The molecule has 40 heavy (non-hydrogen) atoms. The van der Waals surface area contributed by atoms with Crippen LogP contribution in [0.25, 0.3) is 0 Å². The number of benzene rings is 1. The molecule has 9 nitrogen and oxygen atoms in total. The van der Waals surface area contributed by atoms with Gasteiger partial charge in [0, 0.05) is 27.7 Å². The number of carbonyl (C=O) groups excluding carboxylic acids is 2. The van der Waals surface area contributed by atoms with Gasteiger partial charge in [0.15, 0.2) is 0 Å². The second kappa shape index (κ2) is 15.5. The predicted octanol–water partition coefficient (Wildman–Crippen LogP) is 4.29. The van der Waals surface area contributed by atoms with E-state index in [9.17, 15) is 14.7 Å². The van der Waals surface area contributed by atoms with Crippen LogP contribution in [0.15, 0.2) is 35.9 Å². The minimum Gasteiger partial charge on any atom is -0.495 e. The van der Waals surface area contributed by atoms with Crippen LogP contribution in [0.3, 0.4) is 0 Å². The smallest absolute Gasteiger partial charge is 0.293 e. The molecule has 0 fully saturated rings. The molecule has 10 heteroatoms. The molecular weight excluding hydrogens is 536 g/mol. The number of allylic oxidation sites excluding steroid dienone is 3. The van der Waals surface area contributed by atoms with Gasteiger partial charge in [0.05, 0.1) is 25.3 Å². The maximum atomic E-state index is 13.4. The quantitative estimate of drug-likeness (QED) is 0.379. The summed E-state index contributed by atoms with van der Waals surface area (Å²) in [6.45, 7) is 6.33. The van der Waals surface area contributed by atoms with Crippen molar-refractivity contribution in [1.29, 1.82) is 0 Å². The largest absolute Gasteiger partial charge is 0.495 e. The zero-order valence-corrected chi connectivity index (χ0v) is 25.7. The van der Waals surface area contributed by atoms with Gasteiger partial charge in [-0.25, -0.2) is 0 Å². The first kappa shape index (κ1) is 33.8. The molecule has 0 radical (unpaired) electrons. The molecule has 1 aliphatic heterocycles. The summed E-state index contributed by atoms with van der Waals surface area (Å²) < 4.78 is 22.4. The first-order chi connectivity index (χ1) is 18.9. The number of aliphatic hydroxyl groups is 1. The number of nitrogens with one attached hydrogen (secondary N) is 1. The Balaban J connectivity index is 2.61. The summed E-state index contributed by atoms with van der Waals surface area (Å²) >= 11 is 6.64.